The van der Waals surface area contributed by atoms with Crippen molar-refractivity contribution < 1.29 is 20.4 Å². The van der Waals surface area contributed by atoms with Crippen molar-refractivity contribution in [2.75, 3.05) is 6.54 Å². The third-order valence-corrected chi connectivity index (χ3v) is 2.43. The van der Waals surface area contributed by atoms with E-state index in [0.29, 0.717) is 6.54 Å². The molecule has 0 aliphatic carbocycles. The molecule has 0 aromatic carbocycles. The molecule has 2 heterocycles. The second kappa shape index (κ2) is 2.15. The standard InChI is InChI=1S/C6H11NO4/c8-3-2-1-7(2)6(11)5(10)4(3)9/h2-6,8-11H,1H2. The minimum absolute atomic E-state index is 0.164. The van der Waals surface area contributed by atoms with Crippen LogP contribution in [0, 0.1) is 0 Å². The first kappa shape index (κ1) is 7.45. The number of fused-ring (bicyclic) bond motifs is 1. The van der Waals surface area contributed by atoms with E-state index in [1.807, 2.05) is 0 Å². The van der Waals surface area contributed by atoms with Crippen LogP contribution in [0.3, 0.4) is 0 Å². The molecule has 4 N–H and O–H groups in total. The lowest BCUT2D eigenvalue weighted by atomic mass is 10.0. The van der Waals surface area contributed by atoms with Crippen molar-refractivity contribution >= 4 is 0 Å². The Morgan fingerprint density at radius 2 is 1.55 bits per heavy atom. The number of piperidine rings is 1. The maximum Gasteiger partial charge on any atom is 0.136 e. The van der Waals surface area contributed by atoms with E-state index in [1.165, 1.54) is 0 Å². The summed E-state index contributed by atoms with van der Waals surface area (Å²) in [5, 5.41) is 36.6. The van der Waals surface area contributed by atoms with Gasteiger partial charge in [-0.25, -0.2) is 0 Å². The number of rotatable bonds is 0. The number of aliphatic hydroxyl groups is 4. The third kappa shape index (κ3) is 0.896. The molecule has 64 valence electrons. The molecule has 2 aliphatic rings. The number of aliphatic hydroxyl groups excluding tert-OH is 4. The van der Waals surface area contributed by atoms with Crippen molar-refractivity contribution in [1.29, 1.82) is 0 Å². The lowest BCUT2D eigenvalue weighted by molar-refractivity contribution is -0.161. The average Bonchev–Trinajstić information content (AvgIpc) is 2.76. The maximum absolute atomic E-state index is 9.21. The lowest BCUT2D eigenvalue weighted by Crippen LogP contribution is -2.54. The quantitative estimate of drug-likeness (QED) is 0.286. The summed E-state index contributed by atoms with van der Waals surface area (Å²) in [4.78, 5) is 1.54. The Balaban J connectivity index is 2.13. The van der Waals surface area contributed by atoms with Crippen LogP contribution >= 0.6 is 0 Å². The molecule has 0 spiro atoms. The molecule has 0 saturated carbocycles. The highest BCUT2D eigenvalue weighted by molar-refractivity contribution is 5.07. The van der Waals surface area contributed by atoms with Crippen molar-refractivity contribution in [3.8, 4) is 0 Å². The van der Waals surface area contributed by atoms with Gasteiger partial charge in [-0.2, -0.15) is 0 Å². The topological polar surface area (TPSA) is 83.9 Å². The molecular weight excluding hydrogens is 150 g/mol. The molecule has 0 radical (unpaired) electrons. The first-order valence-corrected chi connectivity index (χ1v) is 3.61. The molecule has 0 bridgehead atoms. The molecule has 0 aromatic heterocycles. The van der Waals surface area contributed by atoms with Gasteiger partial charge in [-0.1, -0.05) is 0 Å². The number of hydrogen-bond acceptors (Lipinski definition) is 5. The van der Waals surface area contributed by atoms with Gasteiger partial charge in [-0.15, -0.1) is 0 Å². The van der Waals surface area contributed by atoms with Gasteiger partial charge in [0.2, 0.25) is 0 Å². The zero-order chi connectivity index (χ0) is 8.17. The van der Waals surface area contributed by atoms with Gasteiger partial charge in [0.05, 0.1) is 12.1 Å². The number of nitrogens with zero attached hydrogens (tertiary/aromatic N) is 1. The van der Waals surface area contributed by atoms with E-state index in [0.717, 1.165) is 0 Å². The van der Waals surface area contributed by atoms with Gasteiger partial charge in [-0.05, 0) is 0 Å². The second-order valence-electron chi connectivity index (χ2n) is 3.15. The smallest absolute Gasteiger partial charge is 0.136 e. The maximum atomic E-state index is 9.21. The monoisotopic (exact) mass is 161 g/mol. The molecule has 11 heavy (non-hydrogen) atoms. The van der Waals surface area contributed by atoms with Crippen molar-refractivity contribution in [2.45, 2.75) is 30.6 Å². The fourth-order valence-corrected chi connectivity index (χ4v) is 1.58. The summed E-state index contributed by atoms with van der Waals surface area (Å²) in [5.41, 5.74) is 0. The van der Waals surface area contributed by atoms with Crippen LogP contribution in [0.2, 0.25) is 0 Å². The van der Waals surface area contributed by atoms with Crippen LogP contribution in [-0.2, 0) is 0 Å². The first-order chi connectivity index (χ1) is 5.13. The molecule has 5 heteroatoms. The van der Waals surface area contributed by atoms with E-state index in [-0.39, 0.29) is 6.04 Å². The molecule has 2 fully saturated rings. The summed E-state index contributed by atoms with van der Waals surface area (Å²) in [6.07, 6.45) is -4.40. The van der Waals surface area contributed by atoms with Crippen LogP contribution in [-0.4, -0.2) is 62.5 Å². The molecule has 2 rings (SSSR count). The third-order valence-electron chi connectivity index (χ3n) is 2.43. The van der Waals surface area contributed by atoms with Crippen LogP contribution in [0.4, 0.5) is 0 Å². The van der Waals surface area contributed by atoms with Gasteiger partial charge in [0.15, 0.2) is 0 Å². The van der Waals surface area contributed by atoms with E-state index in [1.54, 1.807) is 4.90 Å². The molecule has 6 atom stereocenters. The normalized spacial score (nSPS) is 62.2. The molecule has 5 nitrogen and oxygen atoms in total. The van der Waals surface area contributed by atoms with Gasteiger partial charge in [0.1, 0.15) is 18.4 Å². The van der Waals surface area contributed by atoms with Gasteiger partial charge < -0.3 is 20.4 Å². The largest absolute Gasteiger partial charge is 0.389 e. The molecule has 2 saturated heterocycles. The van der Waals surface area contributed by atoms with Crippen LogP contribution < -0.4 is 0 Å². The zero-order valence-corrected chi connectivity index (χ0v) is 5.83. The predicted octanol–water partition coefficient (Wildman–Crippen LogP) is -2.91. The second-order valence-corrected chi connectivity index (χ2v) is 3.15. The van der Waals surface area contributed by atoms with Crippen molar-refractivity contribution in [2.24, 2.45) is 0 Å². The summed E-state index contributed by atoms with van der Waals surface area (Å²) in [7, 11) is 0. The van der Waals surface area contributed by atoms with Crippen molar-refractivity contribution in [1.82, 2.24) is 4.90 Å². The highest BCUT2D eigenvalue weighted by Crippen LogP contribution is 2.33. The van der Waals surface area contributed by atoms with E-state index < -0.39 is 24.5 Å². The van der Waals surface area contributed by atoms with Crippen molar-refractivity contribution in [3.05, 3.63) is 0 Å². The fourth-order valence-electron chi connectivity index (χ4n) is 1.58. The fraction of sp³-hybridized carbons (Fsp3) is 1.00. The van der Waals surface area contributed by atoms with Gasteiger partial charge in [0.25, 0.3) is 0 Å². The van der Waals surface area contributed by atoms with E-state index in [9.17, 15) is 10.2 Å². The summed E-state index contributed by atoms with van der Waals surface area (Å²) in [6, 6.07) is -0.164. The Morgan fingerprint density at radius 1 is 0.909 bits per heavy atom. The number of hydrogen-bond donors (Lipinski definition) is 4. The summed E-state index contributed by atoms with van der Waals surface area (Å²) in [5.74, 6) is 0. The lowest BCUT2D eigenvalue weighted by Gasteiger charge is -2.32. The van der Waals surface area contributed by atoms with Gasteiger partial charge in [0, 0.05) is 6.54 Å². The minimum Gasteiger partial charge on any atom is -0.389 e. The van der Waals surface area contributed by atoms with Gasteiger partial charge in [-0.3, -0.25) is 4.90 Å². The Hall–Kier alpha value is -0.200. The predicted molar refractivity (Wildman–Crippen MR) is 34.5 cm³/mol. The SMILES string of the molecule is OC1C(O)C(O)N2CC2C1O. The summed E-state index contributed by atoms with van der Waals surface area (Å²) >= 11 is 0. The summed E-state index contributed by atoms with van der Waals surface area (Å²) < 4.78 is 0. The molecule has 0 aromatic rings. The Morgan fingerprint density at radius 3 is 2.18 bits per heavy atom. The molecular formula is C6H11NO4. The van der Waals surface area contributed by atoms with Crippen molar-refractivity contribution in [3.63, 3.8) is 0 Å². The van der Waals surface area contributed by atoms with Crippen LogP contribution in [0.5, 0.6) is 0 Å². The molecule has 0 amide bonds. The molecule has 6 unspecified atom stereocenters. The van der Waals surface area contributed by atoms with Crippen LogP contribution in [0.25, 0.3) is 0 Å². The first-order valence-electron chi connectivity index (χ1n) is 3.61. The zero-order valence-electron chi connectivity index (χ0n) is 5.83. The van der Waals surface area contributed by atoms with E-state index in [4.69, 9.17) is 10.2 Å². The highest BCUT2D eigenvalue weighted by Gasteiger charge is 2.55. The van der Waals surface area contributed by atoms with Crippen LogP contribution in [0.15, 0.2) is 0 Å². The Labute approximate surface area is 63.5 Å². The average molecular weight is 161 g/mol. The highest BCUT2D eigenvalue weighted by atomic mass is 16.4. The van der Waals surface area contributed by atoms with E-state index >= 15 is 0 Å². The van der Waals surface area contributed by atoms with Gasteiger partial charge >= 0.3 is 0 Å². The van der Waals surface area contributed by atoms with Crippen LogP contribution in [0.1, 0.15) is 0 Å². The molecule has 2 aliphatic heterocycles. The Bertz CT molecular complexity index is 158. The summed E-state index contributed by atoms with van der Waals surface area (Å²) in [6.45, 7) is 0.552. The van der Waals surface area contributed by atoms with E-state index in [2.05, 4.69) is 0 Å². The Kier molecular flexibility index (Phi) is 1.45. The minimum atomic E-state index is -1.25.